The molecular weight excluding hydrogens is 230 g/mol. The van der Waals surface area contributed by atoms with Crippen molar-refractivity contribution in [3.63, 3.8) is 0 Å². The van der Waals surface area contributed by atoms with Gasteiger partial charge in [0.2, 0.25) is 5.91 Å². The number of benzene rings is 1. The SMILES string of the molecule is COC(=O)c1ccc2c(c1)N(C(C)=O)CC21CC1. The smallest absolute Gasteiger partial charge is 0.337 e. The van der Waals surface area contributed by atoms with Crippen LogP contribution in [0.5, 0.6) is 0 Å². The maximum absolute atomic E-state index is 11.7. The standard InChI is InChI=1S/C14H15NO3/c1-9(16)15-8-14(5-6-14)11-4-3-10(7-12(11)15)13(17)18-2/h3-4,7H,5-6,8H2,1-2H3. The number of methoxy groups -OCH3 is 1. The van der Waals surface area contributed by atoms with Gasteiger partial charge in [-0.25, -0.2) is 4.79 Å². The highest BCUT2D eigenvalue weighted by atomic mass is 16.5. The van der Waals surface area contributed by atoms with E-state index in [1.165, 1.54) is 12.7 Å². The van der Waals surface area contributed by atoms with E-state index < -0.39 is 0 Å². The lowest BCUT2D eigenvalue weighted by Gasteiger charge is -2.15. The second-order valence-electron chi connectivity index (χ2n) is 5.11. The number of amides is 1. The van der Waals surface area contributed by atoms with E-state index in [-0.39, 0.29) is 17.3 Å². The third-order valence-corrected chi connectivity index (χ3v) is 3.98. The van der Waals surface area contributed by atoms with Gasteiger partial charge in [0, 0.05) is 24.6 Å². The molecule has 1 heterocycles. The van der Waals surface area contributed by atoms with E-state index in [0.29, 0.717) is 5.56 Å². The third-order valence-electron chi connectivity index (χ3n) is 3.98. The highest BCUT2D eigenvalue weighted by Gasteiger charge is 2.52. The van der Waals surface area contributed by atoms with Gasteiger partial charge in [-0.1, -0.05) is 6.07 Å². The molecule has 3 rings (SSSR count). The Bertz CT molecular complexity index is 546. The van der Waals surface area contributed by atoms with Crippen LogP contribution in [-0.2, 0) is 14.9 Å². The fourth-order valence-corrected chi connectivity index (χ4v) is 2.78. The van der Waals surface area contributed by atoms with Crippen LogP contribution in [0, 0.1) is 0 Å². The van der Waals surface area contributed by atoms with Gasteiger partial charge in [0.25, 0.3) is 0 Å². The number of anilines is 1. The Balaban J connectivity index is 2.08. The summed E-state index contributed by atoms with van der Waals surface area (Å²) >= 11 is 0. The number of hydrogen-bond donors (Lipinski definition) is 0. The number of hydrogen-bond acceptors (Lipinski definition) is 3. The van der Waals surface area contributed by atoms with Crippen molar-refractivity contribution in [1.82, 2.24) is 0 Å². The first-order chi connectivity index (χ1) is 8.57. The van der Waals surface area contributed by atoms with Crippen molar-refractivity contribution in [2.24, 2.45) is 0 Å². The minimum atomic E-state index is -0.363. The highest BCUT2D eigenvalue weighted by Crippen LogP contribution is 2.56. The molecule has 1 spiro atoms. The molecule has 0 aromatic heterocycles. The molecule has 2 aliphatic rings. The van der Waals surface area contributed by atoms with E-state index in [1.807, 2.05) is 6.07 Å². The molecule has 1 aromatic carbocycles. The quantitative estimate of drug-likeness (QED) is 0.710. The van der Waals surface area contributed by atoms with Crippen molar-refractivity contribution in [3.8, 4) is 0 Å². The van der Waals surface area contributed by atoms with Gasteiger partial charge >= 0.3 is 5.97 Å². The van der Waals surface area contributed by atoms with Gasteiger partial charge in [-0.05, 0) is 30.5 Å². The molecule has 0 atom stereocenters. The largest absolute Gasteiger partial charge is 0.465 e. The van der Waals surface area contributed by atoms with Crippen molar-refractivity contribution in [3.05, 3.63) is 29.3 Å². The predicted molar refractivity (Wildman–Crippen MR) is 66.7 cm³/mol. The number of esters is 1. The van der Waals surface area contributed by atoms with Crippen molar-refractivity contribution >= 4 is 17.6 Å². The topological polar surface area (TPSA) is 46.6 Å². The summed E-state index contributed by atoms with van der Waals surface area (Å²) in [6.45, 7) is 2.32. The Morgan fingerprint density at radius 3 is 2.61 bits per heavy atom. The third kappa shape index (κ3) is 1.45. The summed E-state index contributed by atoms with van der Waals surface area (Å²) in [5.74, 6) is -0.333. The lowest BCUT2D eigenvalue weighted by atomic mass is 9.97. The number of fused-ring (bicyclic) bond motifs is 2. The zero-order valence-electron chi connectivity index (χ0n) is 10.5. The van der Waals surface area contributed by atoms with Gasteiger partial charge in [-0.3, -0.25) is 4.79 Å². The first-order valence-corrected chi connectivity index (χ1v) is 6.08. The minimum absolute atomic E-state index is 0.0297. The summed E-state index contributed by atoms with van der Waals surface area (Å²) in [6.07, 6.45) is 2.25. The van der Waals surface area contributed by atoms with Crippen molar-refractivity contribution in [1.29, 1.82) is 0 Å². The van der Waals surface area contributed by atoms with E-state index in [1.54, 1.807) is 24.0 Å². The van der Waals surface area contributed by atoms with E-state index in [0.717, 1.165) is 25.1 Å². The van der Waals surface area contributed by atoms with Crippen LogP contribution >= 0.6 is 0 Å². The maximum Gasteiger partial charge on any atom is 0.337 e. The van der Waals surface area contributed by atoms with Crippen molar-refractivity contribution in [2.45, 2.75) is 25.2 Å². The van der Waals surface area contributed by atoms with Crippen LogP contribution in [0.25, 0.3) is 0 Å². The fraction of sp³-hybridized carbons (Fsp3) is 0.429. The van der Waals surface area contributed by atoms with Gasteiger partial charge in [0.15, 0.2) is 0 Å². The zero-order valence-corrected chi connectivity index (χ0v) is 10.5. The van der Waals surface area contributed by atoms with Gasteiger partial charge in [-0.15, -0.1) is 0 Å². The first-order valence-electron chi connectivity index (χ1n) is 6.08. The van der Waals surface area contributed by atoms with Crippen LogP contribution in [0.2, 0.25) is 0 Å². The molecule has 18 heavy (non-hydrogen) atoms. The van der Waals surface area contributed by atoms with Crippen LogP contribution in [0.1, 0.15) is 35.7 Å². The molecular formula is C14H15NO3. The summed E-state index contributed by atoms with van der Waals surface area (Å²) in [7, 11) is 1.36. The molecule has 0 bridgehead atoms. The Labute approximate surface area is 106 Å². The van der Waals surface area contributed by atoms with E-state index >= 15 is 0 Å². The normalized spacial score (nSPS) is 18.7. The lowest BCUT2D eigenvalue weighted by molar-refractivity contribution is -0.116. The molecule has 4 heteroatoms. The van der Waals surface area contributed by atoms with Crippen LogP contribution in [0.4, 0.5) is 5.69 Å². The molecule has 1 aliphatic heterocycles. The van der Waals surface area contributed by atoms with Gasteiger partial charge in [0.1, 0.15) is 0 Å². The van der Waals surface area contributed by atoms with Crippen molar-refractivity contribution < 1.29 is 14.3 Å². The molecule has 1 amide bonds. The van der Waals surface area contributed by atoms with E-state index in [2.05, 4.69) is 0 Å². The second-order valence-corrected chi connectivity index (χ2v) is 5.11. The highest BCUT2D eigenvalue weighted by molar-refractivity contribution is 5.98. The summed E-state index contributed by atoms with van der Waals surface area (Å²) in [4.78, 5) is 25.0. The second kappa shape index (κ2) is 3.57. The summed E-state index contributed by atoms with van der Waals surface area (Å²) < 4.78 is 4.72. The fourth-order valence-electron chi connectivity index (χ4n) is 2.78. The van der Waals surface area contributed by atoms with Gasteiger partial charge in [-0.2, -0.15) is 0 Å². The molecule has 0 N–H and O–H groups in total. The van der Waals surface area contributed by atoms with E-state index in [4.69, 9.17) is 4.74 Å². The molecule has 4 nitrogen and oxygen atoms in total. The molecule has 94 valence electrons. The van der Waals surface area contributed by atoms with Gasteiger partial charge in [0.05, 0.1) is 12.7 Å². The monoisotopic (exact) mass is 245 g/mol. The number of rotatable bonds is 1. The Kier molecular flexibility index (Phi) is 2.24. The molecule has 1 fully saturated rings. The molecule has 1 saturated carbocycles. The molecule has 1 aliphatic carbocycles. The van der Waals surface area contributed by atoms with Crippen LogP contribution in [-0.4, -0.2) is 25.5 Å². The average Bonchev–Trinajstić information content (AvgIpc) is 3.06. The number of nitrogens with zero attached hydrogens (tertiary/aromatic N) is 1. The van der Waals surface area contributed by atoms with Crippen LogP contribution < -0.4 is 4.90 Å². The Morgan fingerprint density at radius 2 is 2.06 bits per heavy atom. The predicted octanol–water partition coefficient (Wildman–Crippen LogP) is 1.87. The Hall–Kier alpha value is -1.84. The van der Waals surface area contributed by atoms with Crippen LogP contribution in [0.15, 0.2) is 18.2 Å². The Morgan fingerprint density at radius 1 is 1.33 bits per heavy atom. The van der Waals surface area contributed by atoms with E-state index in [9.17, 15) is 9.59 Å². The first kappa shape index (κ1) is 11.3. The summed E-state index contributed by atoms with van der Waals surface area (Å²) in [6, 6.07) is 5.53. The molecule has 0 radical (unpaired) electrons. The van der Waals surface area contributed by atoms with Crippen LogP contribution in [0.3, 0.4) is 0 Å². The number of ether oxygens (including phenoxy) is 1. The average molecular weight is 245 g/mol. The molecule has 0 unspecified atom stereocenters. The summed E-state index contributed by atoms with van der Waals surface area (Å²) in [5, 5.41) is 0. The maximum atomic E-state index is 11.7. The van der Waals surface area contributed by atoms with Crippen molar-refractivity contribution in [2.75, 3.05) is 18.6 Å². The molecule has 1 aromatic rings. The minimum Gasteiger partial charge on any atom is -0.465 e. The number of carbonyl (C=O) groups is 2. The van der Waals surface area contributed by atoms with Gasteiger partial charge < -0.3 is 9.64 Å². The summed E-state index contributed by atoms with van der Waals surface area (Å²) in [5.41, 5.74) is 2.74. The number of carbonyl (C=O) groups excluding carboxylic acids is 2. The zero-order chi connectivity index (χ0) is 12.9. The molecule has 0 saturated heterocycles. The lowest BCUT2D eigenvalue weighted by Crippen LogP contribution is -2.29.